The summed E-state index contributed by atoms with van der Waals surface area (Å²) < 4.78 is 2.01. The van der Waals surface area contributed by atoms with E-state index in [1.807, 2.05) is 10.9 Å². The maximum Gasteiger partial charge on any atom is 0.0534 e. The zero-order valence-electron chi connectivity index (χ0n) is 11.9. The van der Waals surface area contributed by atoms with Gasteiger partial charge >= 0.3 is 0 Å². The maximum atomic E-state index is 4.36. The van der Waals surface area contributed by atoms with Crippen molar-refractivity contribution in [1.29, 1.82) is 0 Å². The molecule has 0 radical (unpaired) electrons. The van der Waals surface area contributed by atoms with Gasteiger partial charge in [0.2, 0.25) is 0 Å². The first kappa shape index (κ1) is 13.6. The quantitative estimate of drug-likeness (QED) is 0.885. The average molecular weight is 250 g/mol. The number of nitrogens with one attached hydrogen (secondary N) is 1. The van der Waals surface area contributed by atoms with Crippen LogP contribution in [0.15, 0.2) is 12.4 Å². The van der Waals surface area contributed by atoms with E-state index in [0.717, 1.165) is 26.2 Å². The molecule has 1 aliphatic heterocycles. The van der Waals surface area contributed by atoms with Crippen molar-refractivity contribution >= 4 is 0 Å². The van der Waals surface area contributed by atoms with E-state index in [1.54, 1.807) is 0 Å². The van der Waals surface area contributed by atoms with Gasteiger partial charge in [-0.15, -0.1) is 0 Å². The van der Waals surface area contributed by atoms with Gasteiger partial charge in [0, 0.05) is 43.5 Å². The molecule has 1 N–H and O–H groups in total. The third-order valence-corrected chi connectivity index (χ3v) is 3.96. The molecule has 4 heteroatoms. The fourth-order valence-corrected chi connectivity index (χ4v) is 2.60. The Morgan fingerprint density at radius 1 is 1.44 bits per heavy atom. The highest BCUT2D eigenvalue weighted by molar-refractivity contribution is 5.04. The molecule has 0 bridgehead atoms. The number of hydrogen-bond acceptors (Lipinski definition) is 3. The van der Waals surface area contributed by atoms with E-state index in [9.17, 15) is 0 Å². The van der Waals surface area contributed by atoms with Crippen molar-refractivity contribution in [2.45, 2.75) is 58.8 Å². The number of aromatic nitrogens is 2. The van der Waals surface area contributed by atoms with Crippen LogP contribution in [-0.4, -0.2) is 39.9 Å². The molecule has 0 aromatic carbocycles. The zero-order valence-corrected chi connectivity index (χ0v) is 11.9. The normalized spacial score (nSPS) is 26.2. The molecule has 2 rings (SSSR count). The first-order chi connectivity index (χ1) is 8.72. The Morgan fingerprint density at radius 3 is 2.94 bits per heavy atom. The molecule has 1 saturated heterocycles. The average Bonchev–Trinajstić information content (AvgIpc) is 2.76. The first-order valence-corrected chi connectivity index (χ1v) is 7.21. The first-order valence-electron chi connectivity index (χ1n) is 7.21. The van der Waals surface area contributed by atoms with Crippen molar-refractivity contribution in [3.63, 3.8) is 0 Å². The van der Waals surface area contributed by atoms with E-state index in [-0.39, 0.29) is 0 Å². The summed E-state index contributed by atoms with van der Waals surface area (Å²) in [7, 11) is 0. The summed E-state index contributed by atoms with van der Waals surface area (Å²) in [5.74, 6) is 0. The Bertz CT molecular complexity index is 360. The van der Waals surface area contributed by atoms with Crippen LogP contribution in [0.5, 0.6) is 0 Å². The van der Waals surface area contributed by atoms with E-state index >= 15 is 0 Å². The van der Waals surface area contributed by atoms with Gasteiger partial charge in [-0.3, -0.25) is 9.58 Å². The minimum absolute atomic E-state index is 0.635. The second-order valence-corrected chi connectivity index (χ2v) is 5.33. The van der Waals surface area contributed by atoms with Crippen molar-refractivity contribution in [3.8, 4) is 0 Å². The second-order valence-electron chi connectivity index (χ2n) is 5.33. The summed E-state index contributed by atoms with van der Waals surface area (Å²) in [6, 6.07) is 1.29. The van der Waals surface area contributed by atoms with Crippen LogP contribution in [0.2, 0.25) is 0 Å². The van der Waals surface area contributed by atoms with Crippen molar-refractivity contribution in [1.82, 2.24) is 20.0 Å². The Kier molecular flexibility index (Phi) is 4.78. The van der Waals surface area contributed by atoms with Crippen LogP contribution in [0.25, 0.3) is 0 Å². The molecule has 1 aromatic heterocycles. The lowest BCUT2D eigenvalue weighted by Crippen LogP contribution is -2.39. The van der Waals surface area contributed by atoms with Crippen molar-refractivity contribution in [3.05, 3.63) is 18.0 Å². The SMILES string of the molecule is CCC1CN(Cc2cnn(CC)c2)C(C)CCN1. The second kappa shape index (κ2) is 6.34. The number of aryl methyl sites for hydroxylation is 1. The Morgan fingerprint density at radius 2 is 2.28 bits per heavy atom. The van der Waals surface area contributed by atoms with E-state index < -0.39 is 0 Å². The largest absolute Gasteiger partial charge is 0.313 e. The highest BCUT2D eigenvalue weighted by Gasteiger charge is 2.22. The molecule has 2 unspecified atom stereocenters. The van der Waals surface area contributed by atoms with Gasteiger partial charge in [0.25, 0.3) is 0 Å². The highest BCUT2D eigenvalue weighted by atomic mass is 15.3. The lowest BCUT2D eigenvalue weighted by atomic mass is 10.1. The summed E-state index contributed by atoms with van der Waals surface area (Å²) in [5.41, 5.74) is 1.33. The molecule has 0 aliphatic carbocycles. The van der Waals surface area contributed by atoms with Gasteiger partial charge in [-0.1, -0.05) is 6.92 Å². The lowest BCUT2D eigenvalue weighted by molar-refractivity contribution is 0.194. The van der Waals surface area contributed by atoms with E-state index in [4.69, 9.17) is 0 Å². The number of hydrogen-bond donors (Lipinski definition) is 1. The molecule has 0 amide bonds. The molecule has 1 fully saturated rings. The van der Waals surface area contributed by atoms with Crippen molar-refractivity contribution in [2.75, 3.05) is 13.1 Å². The fraction of sp³-hybridized carbons (Fsp3) is 0.786. The summed E-state index contributed by atoms with van der Waals surface area (Å²) in [4.78, 5) is 2.59. The summed E-state index contributed by atoms with van der Waals surface area (Å²) in [6.07, 6.45) is 6.62. The Labute approximate surface area is 110 Å². The molecule has 18 heavy (non-hydrogen) atoms. The molecular weight excluding hydrogens is 224 g/mol. The molecule has 0 saturated carbocycles. The van der Waals surface area contributed by atoms with Crippen LogP contribution < -0.4 is 5.32 Å². The van der Waals surface area contributed by atoms with Gasteiger partial charge in [-0.05, 0) is 33.2 Å². The predicted molar refractivity (Wildman–Crippen MR) is 74.5 cm³/mol. The van der Waals surface area contributed by atoms with Crippen molar-refractivity contribution in [2.24, 2.45) is 0 Å². The van der Waals surface area contributed by atoms with E-state index in [0.29, 0.717) is 12.1 Å². The molecule has 102 valence electrons. The Balaban J connectivity index is 2.00. The van der Waals surface area contributed by atoms with Gasteiger partial charge in [-0.25, -0.2) is 0 Å². The molecule has 2 heterocycles. The Hall–Kier alpha value is -0.870. The van der Waals surface area contributed by atoms with Crippen LogP contribution in [0.1, 0.15) is 39.2 Å². The van der Waals surface area contributed by atoms with Crippen LogP contribution >= 0.6 is 0 Å². The predicted octanol–water partition coefficient (Wildman–Crippen LogP) is 1.87. The van der Waals surface area contributed by atoms with E-state index in [1.165, 1.54) is 18.4 Å². The number of rotatable bonds is 4. The molecule has 4 nitrogen and oxygen atoms in total. The van der Waals surface area contributed by atoms with E-state index in [2.05, 4.69) is 42.3 Å². The third-order valence-electron chi connectivity index (χ3n) is 3.96. The van der Waals surface area contributed by atoms with Gasteiger partial charge in [-0.2, -0.15) is 5.10 Å². The lowest BCUT2D eigenvalue weighted by Gasteiger charge is -2.28. The van der Waals surface area contributed by atoms with Gasteiger partial charge in [0.15, 0.2) is 0 Å². The van der Waals surface area contributed by atoms with Gasteiger partial charge < -0.3 is 5.32 Å². The summed E-state index contributed by atoms with van der Waals surface area (Å²) in [6.45, 7) is 11.0. The zero-order chi connectivity index (χ0) is 13.0. The summed E-state index contributed by atoms with van der Waals surface area (Å²) >= 11 is 0. The van der Waals surface area contributed by atoms with Gasteiger partial charge in [0.1, 0.15) is 0 Å². The van der Waals surface area contributed by atoms with Crippen LogP contribution in [-0.2, 0) is 13.1 Å². The smallest absolute Gasteiger partial charge is 0.0534 e. The minimum atomic E-state index is 0.635. The molecule has 1 aliphatic rings. The topological polar surface area (TPSA) is 33.1 Å². The van der Waals surface area contributed by atoms with Crippen LogP contribution in [0.4, 0.5) is 0 Å². The molecular formula is C14H26N4. The maximum absolute atomic E-state index is 4.36. The molecule has 0 spiro atoms. The van der Waals surface area contributed by atoms with Crippen molar-refractivity contribution < 1.29 is 0 Å². The monoisotopic (exact) mass is 250 g/mol. The standard InChI is InChI=1S/C14H26N4/c1-4-14-11-17(12(3)6-7-15-14)9-13-8-16-18(5-2)10-13/h8,10,12,14-15H,4-7,9,11H2,1-3H3. The summed E-state index contributed by atoms with van der Waals surface area (Å²) in [5, 5.41) is 7.99. The highest BCUT2D eigenvalue weighted by Crippen LogP contribution is 2.14. The minimum Gasteiger partial charge on any atom is -0.313 e. The third kappa shape index (κ3) is 3.33. The molecule has 1 aromatic rings. The van der Waals surface area contributed by atoms with Crippen LogP contribution in [0.3, 0.4) is 0 Å². The fourth-order valence-electron chi connectivity index (χ4n) is 2.60. The molecule has 2 atom stereocenters. The number of nitrogens with zero attached hydrogens (tertiary/aromatic N) is 3. The van der Waals surface area contributed by atoms with Crippen LogP contribution in [0, 0.1) is 0 Å². The van der Waals surface area contributed by atoms with Gasteiger partial charge in [0.05, 0.1) is 6.20 Å².